The number of allylic oxidation sites excluding steroid dienone is 2. The molecule has 0 aliphatic heterocycles. The van der Waals surface area contributed by atoms with Crippen LogP contribution in [0.3, 0.4) is 0 Å². The Bertz CT molecular complexity index is 1760. The number of carboxylic acid groups (broad SMARTS) is 1. The third-order valence-electron chi connectivity index (χ3n) is 14.0. The number of carboxylic acids is 1. The summed E-state index contributed by atoms with van der Waals surface area (Å²) in [7, 11) is -6.84. The molecule has 0 fully saturated rings. The number of carbonyl (C=O) groups is 2. The molecule has 1 heterocycles. The van der Waals surface area contributed by atoms with E-state index < -0.39 is 48.4 Å². The van der Waals surface area contributed by atoms with E-state index in [1.165, 1.54) is 15.8 Å². The summed E-state index contributed by atoms with van der Waals surface area (Å²) in [6.45, 7) is 47.8. The molecule has 0 unspecified atom stereocenters. The Morgan fingerprint density at radius 1 is 0.847 bits per heavy atom. The zero-order valence-electron chi connectivity index (χ0n) is 41.1. The van der Waals surface area contributed by atoms with E-state index in [0.29, 0.717) is 6.42 Å². The number of benzene rings is 1. The monoisotopic (exact) mass is 888 g/mol. The quantitative estimate of drug-likeness (QED) is 0.0929. The molecule has 336 valence electrons. The lowest BCUT2D eigenvalue weighted by molar-refractivity contribution is -0.146. The molecule has 1 aromatic carbocycles. The molecular weight excluding hydrogens is 803 g/mol. The van der Waals surface area contributed by atoms with Gasteiger partial charge < -0.3 is 18.4 Å². The van der Waals surface area contributed by atoms with Crippen LogP contribution in [0.2, 0.25) is 54.4 Å². The van der Waals surface area contributed by atoms with Crippen molar-refractivity contribution in [1.82, 2.24) is 4.98 Å². The van der Waals surface area contributed by atoms with E-state index in [1.54, 1.807) is 11.3 Å². The maximum atomic E-state index is 15.1. The largest absolute Gasteiger partial charge is 0.481 e. The SMILES string of the molecule is C=CC[C@@H](C(=O)C(C)(C)[C@H](CC(=O)O)O[Si](C)(C)C(C)(C)C)[C@@H](O[Si](C)(C)C(C)(C)C)[C@@H](C)CCCC(C)=CC[C@H](O[Si](C)(C)C(C)(C)C)c1ccc2sc(C)nc2c1. The Morgan fingerprint density at radius 3 is 1.88 bits per heavy atom. The van der Waals surface area contributed by atoms with Crippen LogP contribution < -0.4 is 0 Å². The first-order valence-corrected chi connectivity index (χ1v) is 31.5. The summed E-state index contributed by atoms with van der Waals surface area (Å²) in [5.74, 6) is -1.39. The normalized spacial score (nSPS) is 16.8. The van der Waals surface area contributed by atoms with Crippen LogP contribution in [-0.2, 0) is 22.9 Å². The molecule has 0 saturated heterocycles. The van der Waals surface area contributed by atoms with Crippen LogP contribution in [0.4, 0.5) is 0 Å². The zero-order valence-corrected chi connectivity index (χ0v) is 44.9. The highest BCUT2D eigenvalue weighted by Gasteiger charge is 2.50. The molecule has 5 atom stereocenters. The highest BCUT2D eigenvalue weighted by molar-refractivity contribution is 7.18. The summed E-state index contributed by atoms with van der Waals surface area (Å²) in [5, 5.41) is 11.0. The lowest BCUT2D eigenvalue weighted by Crippen LogP contribution is -2.55. The van der Waals surface area contributed by atoms with E-state index in [4.69, 9.17) is 18.3 Å². The van der Waals surface area contributed by atoms with Gasteiger partial charge in [0.05, 0.1) is 40.0 Å². The molecule has 0 bridgehead atoms. The molecule has 1 aromatic heterocycles. The van der Waals surface area contributed by atoms with Gasteiger partial charge >= 0.3 is 5.97 Å². The van der Waals surface area contributed by atoms with Crippen molar-refractivity contribution >= 4 is 58.3 Å². The van der Waals surface area contributed by atoms with Crippen LogP contribution in [-0.4, -0.2) is 59.0 Å². The predicted molar refractivity (Wildman–Crippen MR) is 260 cm³/mol. The van der Waals surface area contributed by atoms with Gasteiger partial charge in [0.25, 0.3) is 0 Å². The van der Waals surface area contributed by atoms with Crippen molar-refractivity contribution in [2.75, 3.05) is 0 Å². The van der Waals surface area contributed by atoms with Crippen LogP contribution in [0.15, 0.2) is 42.5 Å². The van der Waals surface area contributed by atoms with E-state index >= 15 is 4.79 Å². The van der Waals surface area contributed by atoms with Gasteiger partial charge in [-0.15, -0.1) is 17.9 Å². The van der Waals surface area contributed by atoms with E-state index in [9.17, 15) is 9.90 Å². The van der Waals surface area contributed by atoms with Gasteiger partial charge in [-0.3, -0.25) is 9.59 Å². The molecule has 2 rings (SSSR count). The van der Waals surface area contributed by atoms with Crippen LogP contribution >= 0.6 is 11.3 Å². The molecule has 1 N–H and O–H groups in total. The summed E-state index contributed by atoms with van der Waals surface area (Å²) in [6, 6.07) is 6.63. The number of hydrogen-bond donors (Lipinski definition) is 1. The standard InChI is InChI=1S/C48H85NO6SSi3/c1-22-24-37(44(52)48(14,15)41(32-42(50)51)54-58(18,19)46(8,9)10)43(55-59(20,21)47(11,12)13)34(3)26-23-25-33(2)27-29-39(53-57(16,17)45(5,6)7)36-28-30-40-38(31-36)49-35(4)56-40/h22,27-28,30-31,34,37,39,41,43H,1,23-26,29,32H2,2-21H3,(H,50,51)/t34-,37+,39-,41-,43-/m0/s1. The Balaban J connectivity index is 2.45. The first-order valence-electron chi connectivity index (χ1n) is 22.0. The number of aromatic nitrogens is 1. The second-order valence-corrected chi connectivity index (χ2v) is 38.0. The fraction of sp³-hybridized carbons (Fsp3) is 0.729. The van der Waals surface area contributed by atoms with Crippen molar-refractivity contribution in [2.45, 2.75) is 208 Å². The molecule has 7 nitrogen and oxygen atoms in total. The number of Topliss-reactive ketones (excluding diaryl/α,β-unsaturated/α-hetero) is 1. The number of aryl methyl sites for hydroxylation is 1. The molecule has 0 saturated carbocycles. The van der Waals surface area contributed by atoms with Gasteiger partial charge in [0, 0.05) is 11.3 Å². The van der Waals surface area contributed by atoms with Crippen molar-refractivity contribution in [3.63, 3.8) is 0 Å². The number of thiazole rings is 1. The topological polar surface area (TPSA) is 95.0 Å². The minimum absolute atomic E-state index is 0.00670. The van der Waals surface area contributed by atoms with Crippen molar-refractivity contribution in [1.29, 1.82) is 0 Å². The molecule has 0 radical (unpaired) electrons. The summed E-state index contributed by atoms with van der Waals surface area (Å²) < 4.78 is 22.4. The van der Waals surface area contributed by atoms with Crippen LogP contribution in [0.25, 0.3) is 10.2 Å². The second-order valence-electron chi connectivity index (χ2n) is 22.5. The van der Waals surface area contributed by atoms with E-state index in [0.717, 1.165) is 36.2 Å². The smallest absolute Gasteiger partial charge is 0.305 e. The molecule has 11 heteroatoms. The first-order chi connectivity index (χ1) is 26.6. The third-order valence-corrected chi connectivity index (χ3v) is 28.4. The Morgan fingerprint density at radius 2 is 1.37 bits per heavy atom. The molecule has 59 heavy (non-hydrogen) atoms. The lowest BCUT2D eigenvalue weighted by atomic mass is 9.71. The van der Waals surface area contributed by atoms with Crippen molar-refractivity contribution in [3.8, 4) is 0 Å². The molecule has 0 amide bonds. The van der Waals surface area contributed by atoms with Gasteiger partial charge in [-0.05, 0) is 124 Å². The van der Waals surface area contributed by atoms with Gasteiger partial charge in [-0.1, -0.05) is 107 Å². The highest BCUT2D eigenvalue weighted by atomic mass is 32.1. The third kappa shape index (κ3) is 14.4. The number of hydrogen-bond acceptors (Lipinski definition) is 7. The Kier molecular flexibility index (Phi) is 18.3. The number of fused-ring (bicyclic) bond motifs is 1. The average molecular weight is 889 g/mol. The lowest BCUT2D eigenvalue weighted by Gasteiger charge is -2.47. The summed E-state index contributed by atoms with van der Waals surface area (Å²) >= 11 is 1.73. The molecule has 2 aromatic rings. The number of carbonyl (C=O) groups excluding carboxylic acids is 1. The van der Waals surface area contributed by atoms with Gasteiger partial charge in [-0.25, -0.2) is 4.98 Å². The number of rotatable bonds is 22. The van der Waals surface area contributed by atoms with E-state index in [-0.39, 0.29) is 45.4 Å². The number of nitrogens with zero attached hydrogens (tertiary/aromatic N) is 1. The molecule has 0 spiro atoms. The highest BCUT2D eigenvalue weighted by Crippen LogP contribution is 2.45. The average Bonchev–Trinajstić information content (AvgIpc) is 3.44. The van der Waals surface area contributed by atoms with Crippen LogP contribution in [0.5, 0.6) is 0 Å². The maximum Gasteiger partial charge on any atom is 0.305 e. The van der Waals surface area contributed by atoms with Gasteiger partial charge in [0.1, 0.15) is 5.78 Å². The molecular formula is C48H85NO6SSi3. The van der Waals surface area contributed by atoms with E-state index in [2.05, 4.69) is 153 Å². The summed E-state index contributed by atoms with van der Waals surface area (Å²) in [4.78, 5) is 32.2. The summed E-state index contributed by atoms with van der Waals surface area (Å²) in [5.41, 5.74) is 2.47. The minimum Gasteiger partial charge on any atom is -0.481 e. The van der Waals surface area contributed by atoms with Gasteiger partial charge in [0.15, 0.2) is 25.0 Å². The zero-order chi connectivity index (χ0) is 45.7. The number of ketones is 1. The van der Waals surface area contributed by atoms with Crippen LogP contribution in [0, 0.1) is 24.2 Å². The molecule has 0 aliphatic rings. The fourth-order valence-electron chi connectivity index (χ4n) is 6.78. The first kappa shape index (κ1) is 53.4. The van der Waals surface area contributed by atoms with Crippen molar-refractivity contribution < 1.29 is 28.0 Å². The fourth-order valence-corrected chi connectivity index (χ4v) is 11.8. The van der Waals surface area contributed by atoms with Crippen LogP contribution in [0.1, 0.15) is 145 Å². The van der Waals surface area contributed by atoms with Crippen molar-refractivity contribution in [3.05, 3.63) is 53.1 Å². The summed E-state index contributed by atoms with van der Waals surface area (Å²) in [6.07, 6.45) is 6.79. The minimum atomic E-state index is -2.42. The van der Waals surface area contributed by atoms with Crippen molar-refractivity contribution in [2.24, 2.45) is 17.3 Å². The second kappa shape index (κ2) is 20.2. The molecule has 0 aliphatic carbocycles. The Hall–Kier alpha value is -1.74. The maximum absolute atomic E-state index is 15.1. The van der Waals surface area contributed by atoms with Gasteiger partial charge in [0.2, 0.25) is 0 Å². The van der Waals surface area contributed by atoms with Gasteiger partial charge in [-0.2, -0.15) is 0 Å². The predicted octanol–water partition coefficient (Wildman–Crippen LogP) is 14.9. The van der Waals surface area contributed by atoms with E-state index in [1.807, 2.05) is 19.9 Å². The Labute approximate surface area is 368 Å². The number of aliphatic carboxylic acids is 1.